The van der Waals surface area contributed by atoms with Crippen molar-refractivity contribution in [3.05, 3.63) is 148 Å². The maximum Gasteiger partial charge on any atom is 0.297 e. The molecule has 0 atom stereocenters. The van der Waals surface area contributed by atoms with Gasteiger partial charge in [0.2, 0.25) is 0 Å². The van der Waals surface area contributed by atoms with Crippen LogP contribution in [0, 0.1) is 6.92 Å². The van der Waals surface area contributed by atoms with Gasteiger partial charge in [-0.2, -0.15) is 0 Å². The number of benzene rings is 6. The molecule has 0 saturated heterocycles. The smallest absolute Gasteiger partial charge is 0.297 e. The van der Waals surface area contributed by atoms with Crippen molar-refractivity contribution in [2.24, 2.45) is 0 Å². The molecule has 1 aromatic heterocycles. The fourth-order valence-electron chi connectivity index (χ4n) is 12.6. The van der Waals surface area contributed by atoms with E-state index in [1.807, 2.05) is 0 Å². The van der Waals surface area contributed by atoms with Crippen LogP contribution in [-0.4, -0.2) is 6.71 Å². The zero-order valence-corrected chi connectivity index (χ0v) is 43.1. The summed E-state index contributed by atoms with van der Waals surface area (Å²) in [6.45, 7) is 35.8. The summed E-state index contributed by atoms with van der Waals surface area (Å²) in [6, 6.07) is 42.9. The predicted octanol–water partition coefficient (Wildman–Crippen LogP) is 15.8. The van der Waals surface area contributed by atoms with Crippen LogP contribution in [0.4, 0.5) is 34.1 Å². The van der Waals surface area contributed by atoms with E-state index >= 15 is 0 Å². The lowest BCUT2D eigenvalue weighted by molar-refractivity contribution is 0.332. The number of aryl methyl sites for hydroxylation is 1. The molecule has 0 fully saturated rings. The second-order valence-corrected chi connectivity index (χ2v) is 25.6. The fourth-order valence-corrected chi connectivity index (χ4v) is 12.6. The first-order valence-corrected chi connectivity index (χ1v) is 25.2. The maximum atomic E-state index is 7.40. The van der Waals surface area contributed by atoms with Gasteiger partial charge in [-0.25, -0.2) is 0 Å². The number of rotatable bonds is 3. The quantitative estimate of drug-likeness (QED) is 0.165. The molecule has 0 bridgehead atoms. The van der Waals surface area contributed by atoms with Crippen molar-refractivity contribution in [1.82, 2.24) is 0 Å². The number of hydrogen-bond acceptors (Lipinski definition) is 3. The molecule has 4 aliphatic rings. The molecule has 4 heteroatoms. The molecule has 0 amide bonds. The second-order valence-electron chi connectivity index (χ2n) is 25.6. The Labute approximate surface area is 402 Å². The Hall–Kier alpha value is -5.48. The third-order valence-electron chi connectivity index (χ3n) is 16.9. The lowest BCUT2D eigenvalue weighted by Gasteiger charge is -2.49. The molecular formula is C63H71BN2O. The third kappa shape index (κ3) is 6.65. The molecule has 7 aromatic rings. The fraction of sp³-hybridized carbons (Fsp3) is 0.397. The second kappa shape index (κ2) is 14.3. The molecule has 0 spiro atoms. The Morgan fingerprint density at radius 3 is 1.78 bits per heavy atom. The van der Waals surface area contributed by atoms with E-state index in [4.69, 9.17) is 4.42 Å². The van der Waals surface area contributed by atoms with Gasteiger partial charge in [-0.05, 0) is 169 Å². The first-order valence-electron chi connectivity index (χ1n) is 25.2. The van der Waals surface area contributed by atoms with Gasteiger partial charge in [0.05, 0.1) is 17.0 Å². The molecule has 342 valence electrons. The van der Waals surface area contributed by atoms with Crippen LogP contribution < -0.4 is 26.4 Å². The third-order valence-corrected chi connectivity index (χ3v) is 16.9. The predicted molar refractivity (Wildman–Crippen MR) is 288 cm³/mol. The lowest BCUT2D eigenvalue weighted by Crippen LogP contribution is -2.61. The van der Waals surface area contributed by atoms with Gasteiger partial charge in [-0.15, -0.1) is 0 Å². The van der Waals surface area contributed by atoms with Crippen molar-refractivity contribution in [3.8, 4) is 11.1 Å². The summed E-state index contributed by atoms with van der Waals surface area (Å²) in [6.07, 6.45) is 4.66. The zero-order valence-electron chi connectivity index (χ0n) is 43.1. The number of nitrogens with zero attached hydrogens (tertiary/aromatic N) is 2. The van der Waals surface area contributed by atoms with E-state index < -0.39 is 0 Å². The monoisotopic (exact) mass is 883 g/mol. The van der Waals surface area contributed by atoms with Crippen molar-refractivity contribution < 1.29 is 4.42 Å². The van der Waals surface area contributed by atoms with Crippen LogP contribution in [0.15, 0.2) is 114 Å². The molecule has 0 unspecified atom stereocenters. The van der Waals surface area contributed by atoms with Crippen molar-refractivity contribution in [2.45, 2.75) is 162 Å². The highest BCUT2D eigenvalue weighted by atomic mass is 16.3. The Balaban J connectivity index is 1.25. The van der Waals surface area contributed by atoms with Crippen LogP contribution in [-0.2, 0) is 32.5 Å². The van der Waals surface area contributed by atoms with Gasteiger partial charge in [0.25, 0.3) is 6.71 Å². The van der Waals surface area contributed by atoms with Crippen molar-refractivity contribution in [2.75, 3.05) is 9.80 Å². The molecule has 67 heavy (non-hydrogen) atoms. The highest BCUT2D eigenvalue weighted by Crippen LogP contribution is 2.56. The van der Waals surface area contributed by atoms with E-state index in [9.17, 15) is 0 Å². The molecule has 0 saturated carbocycles. The molecule has 2 aliphatic heterocycles. The van der Waals surface area contributed by atoms with E-state index in [1.165, 1.54) is 102 Å². The maximum absolute atomic E-state index is 7.40. The summed E-state index contributed by atoms with van der Waals surface area (Å²) in [5.74, 6) is 0. The summed E-state index contributed by atoms with van der Waals surface area (Å²) in [5.41, 5.74) is 24.5. The highest BCUT2D eigenvalue weighted by molar-refractivity contribution is 7.00. The van der Waals surface area contributed by atoms with Crippen LogP contribution in [0.5, 0.6) is 0 Å². The Morgan fingerprint density at radius 2 is 1.10 bits per heavy atom. The van der Waals surface area contributed by atoms with Crippen LogP contribution in [0.1, 0.15) is 162 Å². The standard InChI is InChI=1S/C63H71BN2O/c1-38-34-50-54-51(35-38)66(49-29-23-41(59(5,6)7)37-44(49)39-20-26-45-47(36-39)62(12,13)31-30-60(45,8)9)55-43-18-16-17-19-52(43)67-57(55)64(54)48-28-27-46-53(63(14,15)33-32-61(46,10)11)56(48)65(50)42-24-21-40(22-25-42)58(2,3)4/h16-29,34-37H,30-33H2,1-15H3. The number of fused-ring (bicyclic) bond motifs is 9. The zero-order chi connectivity index (χ0) is 47.5. The molecule has 6 aromatic carbocycles. The number of para-hydroxylation sites is 1. The minimum atomic E-state index is -0.112. The number of hydrogen-bond donors (Lipinski definition) is 0. The molecule has 0 N–H and O–H groups in total. The molecular weight excluding hydrogens is 812 g/mol. The summed E-state index contributed by atoms with van der Waals surface area (Å²) in [5, 5.41) is 1.14. The summed E-state index contributed by atoms with van der Waals surface area (Å²) in [7, 11) is 0. The van der Waals surface area contributed by atoms with Crippen molar-refractivity contribution in [1.29, 1.82) is 0 Å². The van der Waals surface area contributed by atoms with E-state index in [2.05, 4.69) is 223 Å². The molecule has 3 heterocycles. The Bertz CT molecular complexity index is 3180. The minimum absolute atomic E-state index is 0.0380. The summed E-state index contributed by atoms with van der Waals surface area (Å²) < 4.78 is 7.40. The van der Waals surface area contributed by atoms with Gasteiger partial charge in [0, 0.05) is 33.7 Å². The van der Waals surface area contributed by atoms with E-state index in [0.29, 0.717) is 0 Å². The SMILES string of the molecule is Cc1cc2c3c(c1)N(c1ccc(C(C)(C)C)cc1-c1ccc4c(c1)C(C)(C)CCC4(C)C)c1c(oc4ccccc14)B3c1ccc3c(c1N2c1ccc(C(C)(C)C)cc1)C(C)(C)CCC3(C)C. The van der Waals surface area contributed by atoms with Crippen LogP contribution >= 0.6 is 0 Å². The molecule has 0 radical (unpaired) electrons. The average molecular weight is 883 g/mol. The average Bonchev–Trinajstić information content (AvgIpc) is 3.65. The largest absolute Gasteiger partial charge is 0.468 e. The normalized spacial score (nSPS) is 18.5. The van der Waals surface area contributed by atoms with Gasteiger partial charge < -0.3 is 14.2 Å². The first-order chi connectivity index (χ1) is 31.4. The highest BCUT2D eigenvalue weighted by Gasteiger charge is 2.51. The van der Waals surface area contributed by atoms with Crippen molar-refractivity contribution >= 4 is 68.4 Å². The van der Waals surface area contributed by atoms with Gasteiger partial charge in [-0.3, -0.25) is 0 Å². The lowest BCUT2D eigenvalue weighted by atomic mass is 9.35. The van der Waals surface area contributed by atoms with Crippen LogP contribution in [0.3, 0.4) is 0 Å². The summed E-state index contributed by atoms with van der Waals surface area (Å²) in [4.78, 5) is 5.27. The minimum Gasteiger partial charge on any atom is -0.468 e. The summed E-state index contributed by atoms with van der Waals surface area (Å²) >= 11 is 0. The topological polar surface area (TPSA) is 19.6 Å². The van der Waals surface area contributed by atoms with Gasteiger partial charge in [0.15, 0.2) is 0 Å². The molecule has 11 rings (SSSR count). The first kappa shape index (κ1) is 44.1. The van der Waals surface area contributed by atoms with Crippen molar-refractivity contribution in [3.63, 3.8) is 0 Å². The van der Waals surface area contributed by atoms with Gasteiger partial charge in [-0.1, -0.05) is 158 Å². The van der Waals surface area contributed by atoms with E-state index in [-0.39, 0.29) is 39.2 Å². The van der Waals surface area contributed by atoms with E-state index in [0.717, 1.165) is 35.2 Å². The Morgan fingerprint density at radius 1 is 0.522 bits per heavy atom. The van der Waals surface area contributed by atoms with Crippen LogP contribution in [0.2, 0.25) is 0 Å². The van der Waals surface area contributed by atoms with Crippen LogP contribution in [0.25, 0.3) is 22.1 Å². The Kier molecular flexibility index (Phi) is 9.39. The number of anilines is 6. The van der Waals surface area contributed by atoms with Gasteiger partial charge >= 0.3 is 0 Å². The van der Waals surface area contributed by atoms with Gasteiger partial charge in [0.1, 0.15) is 5.58 Å². The number of furan rings is 1. The molecule has 2 aliphatic carbocycles. The van der Waals surface area contributed by atoms with E-state index in [1.54, 1.807) is 0 Å². The molecule has 3 nitrogen and oxygen atoms in total.